The van der Waals surface area contributed by atoms with E-state index in [0.717, 1.165) is 0 Å². The minimum Gasteiger partial charge on any atom is -0.492 e. The Bertz CT molecular complexity index is 1230. The Morgan fingerprint density at radius 2 is 1.97 bits per heavy atom. The second-order valence-corrected chi connectivity index (χ2v) is 13.3. The lowest BCUT2D eigenvalue weighted by Gasteiger charge is -2.25. The van der Waals surface area contributed by atoms with E-state index in [-0.39, 0.29) is 52.1 Å². The summed E-state index contributed by atoms with van der Waals surface area (Å²) in [6, 6.07) is 2.63. The molecule has 0 unspecified atom stereocenters. The minimum absolute atomic E-state index is 0.00354. The Labute approximate surface area is 208 Å². The number of nitrogens with one attached hydrogen (secondary N) is 1. The van der Waals surface area contributed by atoms with Gasteiger partial charge < -0.3 is 19.5 Å². The van der Waals surface area contributed by atoms with Crippen LogP contribution in [0.5, 0.6) is 5.75 Å². The lowest BCUT2D eigenvalue weighted by atomic mass is 10.1. The number of benzene rings is 1. The highest BCUT2D eigenvalue weighted by Gasteiger charge is 2.57. The molecule has 1 fully saturated rings. The van der Waals surface area contributed by atoms with Crippen molar-refractivity contribution >= 4 is 60.9 Å². The van der Waals surface area contributed by atoms with Crippen LogP contribution in [-0.4, -0.2) is 45.9 Å². The molecule has 0 radical (unpaired) electrons. The first-order valence-electron chi connectivity index (χ1n) is 10.3. The molecule has 15 heteroatoms. The molecule has 1 aromatic carbocycles. The van der Waals surface area contributed by atoms with Crippen LogP contribution in [0.2, 0.25) is 0 Å². The summed E-state index contributed by atoms with van der Waals surface area (Å²) in [5.41, 5.74) is 1.40. The normalized spacial score (nSPS) is 18.4. The molecular formula is C19H24BrF2N2O7PS2. The fraction of sp³-hybridized carbons (Fsp3) is 0.526. The molecule has 1 aromatic heterocycles. The van der Waals surface area contributed by atoms with Crippen LogP contribution in [-0.2, 0) is 29.3 Å². The number of hydrogen-bond acceptors (Lipinski definition) is 8. The summed E-state index contributed by atoms with van der Waals surface area (Å²) in [7, 11) is -8.30. The van der Waals surface area contributed by atoms with E-state index in [4.69, 9.17) is 19.5 Å². The molecule has 0 spiro atoms. The predicted molar refractivity (Wildman–Crippen MR) is 128 cm³/mol. The van der Waals surface area contributed by atoms with Crippen LogP contribution in [0.25, 0.3) is 10.1 Å². The summed E-state index contributed by atoms with van der Waals surface area (Å²) < 4.78 is 85.8. The van der Waals surface area contributed by atoms with Crippen LogP contribution in [0.15, 0.2) is 16.6 Å². The Balaban J connectivity index is 2.04. The van der Waals surface area contributed by atoms with E-state index in [9.17, 15) is 17.8 Å². The van der Waals surface area contributed by atoms with Crippen molar-refractivity contribution in [3.8, 4) is 5.75 Å². The van der Waals surface area contributed by atoms with Gasteiger partial charge in [0.2, 0.25) is 15.9 Å². The van der Waals surface area contributed by atoms with E-state index in [1.54, 1.807) is 0 Å². The van der Waals surface area contributed by atoms with Crippen molar-refractivity contribution in [2.75, 3.05) is 26.4 Å². The Morgan fingerprint density at radius 3 is 2.50 bits per heavy atom. The molecule has 2 aromatic rings. The lowest BCUT2D eigenvalue weighted by Crippen LogP contribution is -2.24. The number of halogens is 3. The number of primary amides is 1. The average Bonchev–Trinajstić information content (AvgIpc) is 3.27. The molecule has 34 heavy (non-hydrogen) atoms. The second kappa shape index (κ2) is 10.5. The highest BCUT2D eigenvalue weighted by atomic mass is 79.9. The van der Waals surface area contributed by atoms with Crippen molar-refractivity contribution in [3.05, 3.63) is 27.0 Å². The van der Waals surface area contributed by atoms with Gasteiger partial charge >= 0.3 is 13.3 Å². The number of alkyl halides is 2. The third-order valence-electron chi connectivity index (χ3n) is 5.10. The van der Waals surface area contributed by atoms with Gasteiger partial charge in [0, 0.05) is 22.0 Å². The quantitative estimate of drug-likeness (QED) is 0.360. The molecule has 9 nitrogen and oxygen atoms in total. The molecule has 0 saturated carbocycles. The number of carbonyl (C=O) groups is 1. The van der Waals surface area contributed by atoms with Crippen molar-refractivity contribution < 1.29 is 40.3 Å². The zero-order chi connectivity index (χ0) is 25.3. The number of hydrogen-bond donors (Lipinski definition) is 2. The third kappa shape index (κ3) is 5.18. The molecule has 1 saturated heterocycles. The molecule has 1 aliphatic heterocycles. The Kier molecular flexibility index (Phi) is 8.44. The van der Waals surface area contributed by atoms with Gasteiger partial charge in [-0.05, 0) is 54.8 Å². The van der Waals surface area contributed by atoms with Gasteiger partial charge in [-0.1, -0.05) is 0 Å². The molecule has 2 heterocycles. The number of thiophene rings is 1. The number of ether oxygens (including phenoxy) is 1. The van der Waals surface area contributed by atoms with E-state index < -0.39 is 39.3 Å². The topological polar surface area (TPSA) is 134 Å². The molecule has 3 rings (SSSR count). The van der Waals surface area contributed by atoms with Gasteiger partial charge in [0.15, 0.2) is 0 Å². The van der Waals surface area contributed by atoms with E-state index in [2.05, 4.69) is 20.7 Å². The van der Waals surface area contributed by atoms with Crippen LogP contribution in [0.4, 0.5) is 8.78 Å². The maximum atomic E-state index is 15.5. The minimum atomic E-state index is -4.88. The third-order valence-corrected chi connectivity index (χ3v) is 11.7. The number of carbonyl (C=O) groups excluding carboxylic acids is 1. The van der Waals surface area contributed by atoms with Crippen molar-refractivity contribution in [1.82, 2.24) is 4.72 Å². The van der Waals surface area contributed by atoms with Crippen molar-refractivity contribution in [2.24, 2.45) is 5.73 Å². The molecular weight excluding hydrogens is 581 g/mol. The average molecular weight is 605 g/mol. The predicted octanol–water partition coefficient (Wildman–Crippen LogP) is 4.54. The molecule has 0 aliphatic carbocycles. The summed E-state index contributed by atoms with van der Waals surface area (Å²) in [5.74, 6) is -0.736. The SMILES string of the molecule is CCOP(=O)(OCC)C(F)(F)c1sc2c(OCC[C@H]3CCNS3(=O)=O)cc(C(N)=O)cc2c1Br. The zero-order valence-corrected chi connectivity index (χ0v) is 22.4. The molecule has 1 amide bonds. The fourth-order valence-electron chi connectivity index (χ4n) is 3.48. The second-order valence-electron chi connectivity index (χ2n) is 7.32. The summed E-state index contributed by atoms with van der Waals surface area (Å²) in [5, 5.41) is -0.443. The van der Waals surface area contributed by atoms with Crippen molar-refractivity contribution in [3.63, 3.8) is 0 Å². The summed E-state index contributed by atoms with van der Waals surface area (Å²) >= 11 is 3.74. The molecule has 1 aliphatic rings. The van der Waals surface area contributed by atoms with Gasteiger partial charge in [0.05, 0.1) is 29.8 Å². The highest BCUT2D eigenvalue weighted by molar-refractivity contribution is 9.10. The first-order chi connectivity index (χ1) is 15.9. The van der Waals surface area contributed by atoms with E-state index in [1.165, 1.54) is 26.0 Å². The first-order valence-corrected chi connectivity index (χ1v) is 15.0. The zero-order valence-electron chi connectivity index (χ0n) is 18.3. The number of nitrogens with two attached hydrogens (primary N) is 1. The van der Waals surface area contributed by atoms with Crippen LogP contribution >= 0.6 is 34.9 Å². The Morgan fingerprint density at radius 1 is 1.32 bits per heavy atom. The maximum absolute atomic E-state index is 15.5. The molecule has 3 N–H and O–H groups in total. The number of rotatable bonds is 11. The monoisotopic (exact) mass is 604 g/mol. The fourth-order valence-corrected chi connectivity index (χ4v) is 8.97. The Hall–Kier alpha value is -1.15. The van der Waals surface area contributed by atoms with Gasteiger partial charge in [0.1, 0.15) is 10.6 Å². The van der Waals surface area contributed by atoms with Gasteiger partial charge in [-0.25, -0.2) is 13.1 Å². The summed E-state index contributed by atoms with van der Waals surface area (Å²) in [6.07, 6.45) is 0.588. The number of sulfonamides is 1. The van der Waals surface area contributed by atoms with Crippen LogP contribution in [0.3, 0.4) is 0 Å². The smallest absolute Gasteiger partial charge is 0.405 e. The van der Waals surface area contributed by atoms with Crippen molar-refractivity contribution in [1.29, 1.82) is 0 Å². The molecule has 0 bridgehead atoms. The van der Waals surface area contributed by atoms with E-state index in [0.29, 0.717) is 24.3 Å². The van der Waals surface area contributed by atoms with E-state index in [1.807, 2.05) is 0 Å². The molecule has 1 atom stereocenters. The van der Waals surface area contributed by atoms with Crippen LogP contribution < -0.4 is 15.2 Å². The standard InChI is InChI=1S/C19H24BrF2N2O7PS2/c1-3-30-32(26,31-4-2)19(21,22)17-15(20)13-9-11(18(23)25)10-14(16(13)33-17)29-8-6-12-5-7-24-34(12,27)28/h9-10,12,24H,3-8H2,1-2H3,(H2,23,25)/t12-/m1/s1. The van der Waals surface area contributed by atoms with Crippen LogP contribution in [0, 0.1) is 0 Å². The van der Waals surface area contributed by atoms with Gasteiger partial charge in [-0.15, -0.1) is 11.3 Å². The van der Waals surface area contributed by atoms with Crippen molar-refractivity contribution in [2.45, 2.75) is 37.6 Å². The maximum Gasteiger partial charge on any atom is 0.405 e. The van der Waals surface area contributed by atoms with Gasteiger partial charge in [-0.3, -0.25) is 9.36 Å². The van der Waals surface area contributed by atoms with Gasteiger partial charge in [0.25, 0.3) is 0 Å². The summed E-state index contributed by atoms with van der Waals surface area (Å²) in [6.45, 7) is 2.63. The largest absolute Gasteiger partial charge is 0.492 e. The lowest BCUT2D eigenvalue weighted by molar-refractivity contribution is 0.0387. The number of amides is 1. The summed E-state index contributed by atoms with van der Waals surface area (Å²) in [4.78, 5) is 11.2. The van der Waals surface area contributed by atoms with Gasteiger partial charge in [-0.2, -0.15) is 8.78 Å². The highest BCUT2D eigenvalue weighted by Crippen LogP contribution is 2.69. The number of fused-ring (bicyclic) bond motifs is 1. The van der Waals surface area contributed by atoms with Crippen LogP contribution in [0.1, 0.15) is 41.9 Å². The van der Waals surface area contributed by atoms with E-state index >= 15 is 8.78 Å². The molecule has 190 valence electrons. The first kappa shape index (κ1) is 27.4.